The first-order valence-electron chi connectivity index (χ1n) is 8.47. The van der Waals surface area contributed by atoms with E-state index in [1.165, 1.54) is 16.8 Å². The zero-order valence-corrected chi connectivity index (χ0v) is 15.5. The lowest BCUT2D eigenvalue weighted by atomic mass is 10.0. The van der Waals surface area contributed by atoms with Crippen LogP contribution in [-0.2, 0) is 6.73 Å². The Labute approximate surface area is 161 Å². The van der Waals surface area contributed by atoms with Gasteiger partial charge in [0.15, 0.2) is 6.73 Å². The number of para-hydroxylation sites is 1. The van der Waals surface area contributed by atoms with Gasteiger partial charge in [-0.25, -0.2) is 9.07 Å². The van der Waals surface area contributed by atoms with E-state index in [9.17, 15) is 9.18 Å². The maximum absolute atomic E-state index is 13.0. The van der Waals surface area contributed by atoms with Gasteiger partial charge in [-0.1, -0.05) is 42.8 Å². The number of amides is 1. The number of hydrogen-bond acceptors (Lipinski definition) is 3. The van der Waals surface area contributed by atoms with Crippen molar-refractivity contribution in [3.8, 4) is 5.75 Å². The minimum absolute atomic E-state index is 0.0557. The highest BCUT2D eigenvalue weighted by Crippen LogP contribution is 2.23. The van der Waals surface area contributed by atoms with Crippen molar-refractivity contribution in [2.45, 2.75) is 19.6 Å². The van der Waals surface area contributed by atoms with E-state index >= 15 is 0 Å². The molecule has 1 heterocycles. The summed E-state index contributed by atoms with van der Waals surface area (Å²) in [5.41, 5.74) is 1.25. The maximum atomic E-state index is 13.0. The summed E-state index contributed by atoms with van der Waals surface area (Å²) >= 11 is 6.04. The largest absolute Gasteiger partial charge is 0.470 e. The summed E-state index contributed by atoms with van der Waals surface area (Å²) in [7, 11) is 0. The van der Waals surface area contributed by atoms with E-state index in [0.717, 1.165) is 5.56 Å². The Morgan fingerprint density at radius 1 is 1.22 bits per heavy atom. The molecule has 0 aliphatic carbocycles. The van der Waals surface area contributed by atoms with Gasteiger partial charge in [-0.15, -0.1) is 0 Å². The van der Waals surface area contributed by atoms with Crippen molar-refractivity contribution in [2.24, 2.45) is 0 Å². The highest BCUT2D eigenvalue weighted by atomic mass is 35.5. The average molecular weight is 388 g/mol. The van der Waals surface area contributed by atoms with Crippen LogP contribution in [0.3, 0.4) is 0 Å². The fourth-order valence-electron chi connectivity index (χ4n) is 2.50. The Balaban J connectivity index is 1.52. The fourth-order valence-corrected chi connectivity index (χ4v) is 2.69. The molecule has 27 heavy (non-hydrogen) atoms. The molecule has 1 atom stereocenters. The van der Waals surface area contributed by atoms with Crippen molar-refractivity contribution >= 4 is 17.5 Å². The molecule has 0 spiro atoms. The zero-order valence-electron chi connectivity index (χ0n) is 14.7. The number of hydrogen-bond donors (Lipinski definition) is 1. The van der Waals surface area contributed by atoms with Crippen LogP contribution in [0.15, 0.2) is 60.8 Å². The van der Waals surface area contributed by atoms with Crippen molar-refractivity contribution in [2.75, 3.05) is 6.54 Å². The van der Waals surface area contributed by atoms with E-state index in [1.807, 2.05) is 19.1 Å². The second-order valence-corrected chi connectivity index (χ2v) is 6.51. The Hall–Kier alpha value is -2.86. The Bertz CT molecular complexity index is 912. The lowest BCUT2D eigenvalue weighted by Crippen LogP contribution is -2.28. The first kappa shape index (κ1) is 18.9. The third kappa shape index (κ3) is 5.08. The van der Waals surface area contributed by atoms with Gasteiger partial charge in [-0.05, 0) is 41.8 Å². The topological polar surface area (TPSA) is 56.2 Å². The number of ether oxygens (including phenoxy) is 1. The van der Waals surface area contributed by atoms with Crippen molar-refractivity contribution < 1.29 is 13.9 Å². The average Bonchev–Trinajstić information content (AvgIpc) is 3.15. The number of benzene rings is 2. The Morgan fingerprint density at radius 2 is 1.96 bits per heavy atom. The minimum atomic E-state index is -0.278. The predicted octanol–water partition coefficient (Wildman–Crippen LogP) is 4.25. The molecule has 0 radical (unpaired) electrons. The summed E-state index contributed by atoms with van der Waals surface area (Å²) in [4.78, 5) is 12.3. The van der Waals surface area contributed by atoms with Gasteiger partial charge in [0.25, 0.3) is 5.91 Å². The van der Waals surface area contributed by atoms with E-state index in [-0.39, 0.29) is 24.4 Å². The van der Waals surface area contributed by atoms with Gasteiger partial charge in [0.1, 0.15) is 17.3 Å². The summed E-state index contributed by atoms with van der Waals surface area (Å²) in [5.74, 6) is 0.0500. The van der Waals surface area contributed by atoms with E-state index < -0.39 is 0 Å². The molecular formula is C20H19ClFN3O2. The van der Waals surface area contributed by atoms with Gasteiger partial charge in [-0.2, -0.15) is 5.10 Å². The van der Waals surface area contributed by atoms with Gasteiger partial charge in [0.05, 0.1) is 5.02 Å². The number of carbonyl (C=O) groups excluding carboxylic acids is 1. The highest BCUT2D eigenvalue weighted by molar-refractivity contribution is 6.32. The Morgan fingerprint density at radius 3 is 2.70 bits per heavy atom. The van der Waals surface area contributed by atoms with Gasteiger partial charge >= 0.3 is 0 Å². The van der Waals surface area contributed by atoms with Crippen molar-refractivity contribution in [3.63, 3.8) is 0 Å². The lowest BCUT2D eigenvalue weighted by Gasteiger charge is -2.12. The van der Waals surface area contributed by atoms with Crippen LogP contribution in [0.5, 0.6) is 5.75 Å². The summed E-state index contributed by atoms with van der Waals surface area (Å²) < 4.78 is 20.1. The van der Waals surface area contributed by atoms with Crippen LogP contribution < -0.4 is 10.1 Å². The monoisotopic (exact) mass is 387 g/mol. The van der Waals surface area contributed by atoms with E-state index in [1.54, 1.807) is 36.5 Å². The standard InChI is InChI=1S/C20H19ClFN3O2/c1-14(15-6-8-16(22)9-7-15)12-23-20(26)18-10-11-25(24-18)13-27-19-5-3-2-4-17(19)21/h2-11,14H,12-13H2,1H3,(H,23,26). The third-order valence-corrected chi connectivity index (χ3v) is 4.38. The van der Waals surface area contributed by atoms with Crippen LogP contribution in [0.4, 0.5) is 4.39 Å². The molecule has 0 bridgehead atoms. The van der Waals surface area contributed by atoms with Crippen LogP contribution in [0.25, 0.3) is 0 Å². The summed E-state index contributed by atoms with van der Waals surface area (Å²) in [6, 6.07) is 15.0. The first-order valence-corrected chi connectivity index (χ1v) is 8.85. The molecule has 5 nitrogen and oxygen atoms in total. The number of nitrogens with one attached hydrogen (secondary N) is 1. The molecular weight excluding hydrogens is 369 g/mol. The van der Waals surface area contributed by atoms with E-state index in [4.69, 9.17) is 16.3 Å². The molecule has 1 amide bonds. The summed E-state index contributed by atoms with van der Waals surface area (Å²) in [5, 5.41) is 7.55. The quantitative estimate of drug-likeness (QED) is 0.659. The normalized spacial score (nSPS) is 11.8. The molecule has 7 heteroatoms. The molecule has 140 valence electrons. The van der Waals surface area contributed by atoms with Crippen LogP contribution >= 0.6 is 11.6 Å². The summed E-state index contributed by atoms with van der Waals surface area (Å²) in [6.07, 6.45) is 1.66. The number of aromatic nitrogens is 2. The zero-order chi connectivity index (χ0) is 19.2. The summed E-state index contributed by atoms with van der Waals surface area (Å²) in [6.45, 7) is 2.53. The molecule has 2 aromatic carbocycles. The van der Waals surface area contributed by atoms with Crippen LogP contribution in [0.2, 0.25) is 5.02 Å². The van der Waals surface area contributed by atoms with Crippen molar-refractivity contribution in [1.29, 1.82) is 0 Å². The van der Waals surface area contributed by atoms with Gasteiger partial charge < -0.3 is 10.1 Å². The van der Waals surface area contributed by atoms with Crippen LogP contribution in [0, 0.1) is 5.82 Å². The molecule has 0 saturated heterocycles. The van der Waals surface area contributed by atoms with Gasteiger partial charge in [0.2, 0.25) is 0 Å². The highest BCUT2D eigenvalue weighted by Gasteiger charge is 2.12. The molecule has 0 aliphatic rings. The molecule has 0 fully saturated rings. The van der Waals surface area contributed by atoms with Crippen molar-refractivity contribution in [1.82, 2.24) is 15.1 Å². The smallest absolute Gasteiger partial charge is 0.271 e. The number of nitrogens with zero attached hydrogens (tertiary/aromatic N) is 2. The fraction of sp³-hybridized carbons (Fsp3) is 0.200. The predicted molar refractivity (Wildman–Crippen MR) is 101 cm³/mol. The van der Waals surface area contributed by atoms with Crippen LogP contribution in [-0.4, -0.2) is 22.2 Å². The lowest BCUT2D eigenvalue weighted by molar-refractivity contribution is 0.0944. The molecule has 3 rings (SSSR count). The van der Waals surface area contributed by atoms with Crippen LogP contribution in [0.1, 0.15) is 28.9 Å². The number of carbonyl (C=O) groups is 1. The second kappa shape index (κ2) is 8.68. The number of rotatable bonds is 7. The van der Waals surface area contributed by atoms with Crippen molar-refractivity contribution in [3.05, 3.63) is 82.9 Å². The molecule has 1 N–H and O–H groups in total. The van der Waals surface area contributed by atoms with Gasteiger partial charge in [-0.3, -0.25) is 4.79 Å². The third-order valence-electron chi connectivity index (χ3n) is 4.07. The molecule has 0 saturated carbocycles. The molecule has 0 aliphatic heterocycles. The maximum Gasteiger partial charge on any atom is 0.271 e. The van der Waals surface area contributed by atoms with E-state index in [2.05, 4.69) is 10.4 Å². The van der Waals surface area contributed by atoms with E-state index in [0.29, 0.717) is 23.0 Å². The van der Waals surface area contributed by atoms with Gasteiger partial charge in [0, 0.05) is 12.7 Å². The minimum Gasteiger partial charge on any atom is -0.470 e. The molecule has 1 aromatic heterocycles. The number of halogens is 2. The second-order valence-electron chi connectivity index (χ2n) is 6.11. The molecule has 3 aromatic rings. The first-order chi connectivity index (χ1) is 13.0. The SMILES string of the molecule is CC(CNC(=O)c1ccn(COc2ccccc2Cl)n1)c1ccc(F)cc1. The Kier molecular flexibility index (Phi) is 6.08. The molecule has 1 unspecified atom stereocenters.